The van der Waals surface area contributed by atoms with Crippen LogP contribution < -0.4 is 0 Å². The lowest BCUT2D eigenvalue weighted by atomic mass is 9.93. The molecule has 266 valence electrons. The summed E-state index contributed by atoms with van der Waals surface area (Å²) in [5.74, 6) is 0. The number of nitrogens with zero attached hydrogens (tertiary/aromatic N) is 3. The number of benzene rings is 9. The molecule has 3 nitrogen and oxygen atoms in total. The van der Waals surface area contributed by atoms with Crippen molar-refractivity contribution in [2.75, 3.05) is 0 Å². The average molecular weight is 726 g/mol. The van der Waals surface area contributed by atoms with Gasteiger partial charge in [0.25, 0.3) is 0 Å². The summed E-state index contributed by atoms with van der Waals surface area (Å²) < 4.78 is 7.38. The third-order valence-corrected chi connectivity index (χ3v) is 11.8. The summed E-state index contributed by atoms with van der Waals surface area (Å²) in [5, 5.41) is 7.51. The highest BCUT2D eigenvalue weighted by Gasteiger charge is 2.25. The Kier molecular flexibility index (Phi) is 6.93. The summed E-state index contributed by atoms with van der Waals surface area (Å²) in [6.45, 7) is 0. The Morgan fingerprint density at radius 2 is 0.614 bits per heavy atom. The molecule has 0 radical (unpaired) electrons. The zero-order valence-electron chi connectivity index (χ0n) is 31.0. The van der Waals surface area contributed by atoms with Crippen LogP contribution in [0.2, 0.25) is 0 Å². The molecule has 0 saturated carbocycles. The van der Waals surface area contributed by atoms with E-state index in [1.54, 1.807) is 0 Å². The lowest BCUT2D eigenvalue weighted by Gasteiger charge is -2.20. The van der Waals surface area contributed by atoms with Gasteiger partial charge in [0, 0.05) is 54.8 Å². The normalized spacial score (nSPS) is 11.9. The molecular formula is C54H35N3. The van der Waals surface area contributed by atoms with Gasteiger partial charge in [0.2, 0.25) is 0 Å². The monoisotopic (exact) mass is 725 g/mol. The lowest BCUT2D eigenvalue weighted by Crippen LogP contribution is -2.01. The van der Waals surface area contributed by atoms with E-state index in [0.29, 0.717) is 0 Å². The van der Waals surface area contributed by atoms with E-state index < -0.39 is 0 Å². The van der Waals surface area contributed by atoms with Crippen molar-refractivity contribution >= 4 is 65.4 Å². The molecule has 3 heterocycles. The Morgan fingerprint density at radius 3 is 1.19 bits per heavy atom. The molecule has 12 rings (SSSR count). The van der Waals surface area contributed by atoms with E-state index in [-0.39, 0.29) is 0 Å². The summed E-state index contributed by atoms with van der Waals surface area (Å²) >= 11 is 0. The Balaban J connectivity index is 1.25. The number of hydrogen-bond donors (Lipinski definition) is 0. The Bertz CT molecular complexity index is 3500. The second-order valence-electron chi connectivity index (χ2n) is 14.9. The molecule has 0 amide bonds. The van der Waals surface area contributed by atoms with Gasteiger partial charge >= 0.3 is 0 Å². The second kappa shape index (κ2) is 12.5. The molecule has 57 heavy (non-hydrogen) atoms. The van der Waals surface area contributed by atoms with E-state index >= 15 is 0 Å². The van der Waals surface area contributed by atoms with E-state index in [9.17, 15) is 0 Å². The summed E-state index contributed by atoms with van der Waals surface area (Å²) in [7, 11) is 0. The molecule has 0 N–H and O–H groups in total. The third kappa shape index (κ3) is 4.60. The van der Waals surface area contributed by atoms with Crippen molar-refractivity contribution in [3.63, 3.8) is 0 Å². The maximum absolute atomic E-state index is 2.55. The SMILES string of the molecule is c1ccc(-c2cccc(-c3cccc4c3c3ccccc3n4-c3ccccc3)c2-n2c3ccccc3c3c4c5ccccc5n(-c5ccccc5)c4ccc32)cc1. The van der Waals surface area contributed by atoms with E-state index in [1.165, 1.54) is 93.4 Å². The fourth-order valence-corrected chi connectivity index (χ4v) is 9.57. The first-order valence-electron chi connectivity index (χ1n) is 19.6. The van der Waals surface area contributed by atoms with Gasteiger partial charge in [-0.1, -0.05) is 152 Å². The molecule has 0 spiro atoms. The molecule has 0 saturated heterocycles. The minimum atomic E-state index is 1.15. The fraction of sp³-hybridized carbons (Fsp3) is 0. The predicted molar refractivity (Wildman–Crippen MR) is 240 cm³/mol. The summed E-state index contributed by atoms with van der Waals surface area (Å²) in [4.78, 5) is 0. The van der Waals surface area contributed by atoms with E-state index in [2.05, 4.69) is 226 Å². The first-order chi connectivity index (χ1) is 28.3. The molecule has 0 aliphatic rings. The third-order valence-electron chi connectivity index (χ3n) is 11.8. The average Bonchev–Trinajstić information content (AvgIpc) is 3.93. The van der Waals surface area contributed by atoms with Gasteiger partial charge in [-0.2, -0.15) is 0 Å². The zero-order valence-corrected chi connectivity index (χ0v) is 31.0. The van der Waals surface area contributed by atoms with Crippen LogP contribution in [0.25, 0.3) is 105 Å². The summed E-state index contributed by atoms with van der Waals surface area (Å²) in [6.07, 6.45) is 0. The zero-order chi connectivity index (χ0) is 37.5. The van der Waals surface area contributed by atoms with Crippen LogP contribution in [0.5, 0.6) is 0 Å². The van der Waals surface area contributed by atoms with Gasteiger partial charge in [0.1, 0.15) is 0 Å². The topological polar surface area (TPSA) is 14.8 Å². The molecule has 3 heteroatoms. The van der Waals surface area contributed by atoms with E-state index in [0.717, 1.165) is 11.4 Å². The molecule has 9 aromatic carbocycles. The minimum Gasteiger partial charge on any atom is -0.309 e. The molecule has 0 aliphatic carbocycles. The van der Waals surface area contributed by atoms with Gasteiger partial charge in [-0.15, -0.1) is 0 Å². The van der Waals surface area contributed by atoms with E-state index in [4.69, 9.17) is 0 Å². The summed E-state index contributed by atoms with van der Waals surface area (Å²) in [6, 6.07) is 77.4. The first-order valence-corrected chi connectivity index (χ1v) is 19.6. The second-order valence-corrected chi connectivity index (χ2v) is 14.9. The number of rotatable bonds is 5. The van der Waals surface area contributed by atoms with Crippen LogP contribution in [0.3, 0.4) is 0 Å². The van der Waals surface area contributed by atoms with Crippen LogP contribution in [0.4, 0.5) is 0 Å². The summed E-state index contributed by atoms with van der Waals surface area (Å²) in [5.41, 5.74) is 15.4. The molecular weight excluding hydrogens is 691 g/mol. The van der Waals surface area contributed by atoms with Crippen LogP contribution >= 0.6 is 0 Å². The van der Waals surface area contributed by atoms with Crippen molar-refractivity contribution < 1.29 is 0 Å². The van der Waals surface area contributed by atoms with Crippen molar-refractivity contribution in [2.45, 2.75) is 0 Å². The molecule has 0 aliphatic heterocycles. The Morgan fingerprint density at radius 1 is 0.228 bits per heavy atom. The number of aromatic nitrogens is 3. The Labute approximate surface area is 329 Å². The van der Waals surface area contributed by atoms with Crippen molar-refractivity contribution in [3.05, 3.63) is 212 Å². The smallest absolute Gasteiger partial charge is 0.0619 e. The van der Waals surface area contributed by atoms with Gasteiger partial charge in [0.05, 0.1) is 38.8 Å². The molecule has 3 aromatic heterocycles. The molecule has 0 fully saturated rings. The number of para-hydroxylation sites is 6. The van der Waals surface area contributed by atoms with Crippen LogP contribution in [0, 0.1) is 0 Å². The van der Waals surface area contributed by atoms with Crippen LogP contribution in [0.15, 0.2) is 212 Å². The Hall–Kier alpha value is -7.62. The van der Waals surface area contributed by atoms with Gasteiger partial charge in [-0.05, 0) is 71.8 Å². The van der Waals surface area contributed by atoms with E-state index in [1.807, 2.05) is 0 Å². The van der Waals surface area contributed by atoms with Gasteiger partial charge in [-0.25, -0.2) is 0 Å². The molecule has 0 bridgehead atoms. The maximum atomic E-state index is 2.55. The number of fused-ring (bicyclic) bond motifs is 10. The van der Waals surface area contributed by atoms with Crippen LogP contribution in [-0.4, -0.2) is 13.7 Å². The predicted octanol–water partition coefficient (Wildman–Crippen LogP) is 14.3. The first kappa shape index (κ1) is 31.7. The van der Waals surface area contributed by atoms with Crippen molar-refractivity contribution in [1.82, 2.24) is 13.7 Å². The highest BCUT2D eigenvalue weighted by molar-refractivity contribution is 6.29. The van der Waals surface area contributed by atoms with Crippen molar-refractivity contribution in [2.24, 2.45) is 0 Å². The molecule has 12 aromatic rings. The van der Waals surface area contributed by atoms with Crippen LogP contribution in [0.1, 0.15) is 0 Å². The lowest BCUT2D eigenvalue weighted by molar-refractivity contribution is 1.17. The van der Waals surface area contributed by atoms with Gasteiger partial charge in [0.15, 0.2) is 0 Å². The van der Waals surface area contributed by atoms with Gasteiger partial charge < -0.3 is 13.7 Å². The highest BCUT2D eigenvalue weighted by Crippen LogP contribution is 2.47. The van der Waals surface area contributed by atoms with Crippen molar-refractivity contribution in [1.29, 1.82) is 0 Å². The van der Waals surface area contributed by atoms with Crippen LogP contribution in [-0.2, 0) is 0 Å². The fourth-order valence-electron chi connectivity index (χ4n) is 9.57. The number of hydrogen-bond acceptors (Lipinski definition) is 0. The maximum Gasteiger partial charge on any atom is 0.0619 e. The highest BCUT2D eigenvalue weighted by atomic mass is 15.0. The standard InChI is InChI=1S/C54H35N3/c1-4-18-36(19-5-1)39-27-16-29-41(40-28-17-33-48-51(40)42-24-10-13-30-45(42)55(48)37-20-6-2-7-21-37)54(39)57-47-32-15-12-26-44(47)53-50(57)35-34-49-52(53)43-25-11-14-31-46(43)56(49)38-22-8-3-9-23-38/h1-35H. The molecule has 0 atom stereocenters. The minimum absolute atomic E-state index is 1.15. The van der Waals surface area contributed by atoms with Gasteiger partial charge in [-0.3, -0.25) is 0 Å². The quantitative estimate of drug-likeness (QED) is 0.168. The largest absolute Gasteiger partial charge is 0.309 e. The molecule has 0 unspecified atom stereocenters. The van der Waals surface area contributed by atoms with Crippen molar-refractivity contribution in [3.8, 4) is 39.3 Å².